The zero-order valence-electron chi connectivity index (χ0n) is 17.9. The first-order chi connectivity index (χ1) is 15.8. The molecular formula is C24H18Cl2N2O4S. The molecule has 6 nitrogen and oxygen atoms in total. The molecule has 4 rings (SSSR count). The van der Waals surface area contributed by atoms with Gasteiger partial charge in [0.1, 0.15) is 27.6 Å². The molecule has 0 aliphatic carbocycles. The Balaban J connectivity index is 1.76. The Labute approximate surface area is 204 Å². The number of carbonyl (C=O) groups is 2. The van der Waals surface area contributed by atoms with Crippen molar-refractivity contribution in [2.45, 2.75) is 13.8 Å². The van der Waals surface area contributed by atoms with E-state index in [1.807, 2.05) is 31.2 Å². The molecule has 0 radical (unpaired) electrons. The maximum Gasteiger partial charge on any atom is 0.341 e. The smallest absolute Gasteiger partial charge is 0.341 e. The molecule has 1 amide bonds. The third-order valence-electron chi connectivity index (χ3n) is 5.06. The number of halogens is 2. The van der Waals surface area contributed by atoms with Gasteiger partial charge in [-0.15, -0.1) is 11.3 Å². The topological polar surface area (TPSA) is 81.4 Å². The fourth-order valence-electron chi connectivity index (χ4n) is 3.40. The zero-order valence-corrected chi connectivity index (χ0v) is 20.2. The molecule has 33 heavy (non-hydrogen) atoms. The monoisotopic (exact) mass is 500 g/mol. The number of hydrogen-bond acceptors (Lipinski definition) is 6. The van der Waals surface area contributed by atoms with Crippen molar-refractivity contribution in [1.29, 1.82) is 0 Å². The summed E-state index contributed by atoms with van der Waals surface area (Å²) in [4.78, 5) is 26.0. The van der Waals surface area contributed by atoms with Crippen LogP contribution in [0.1, 0.15) is 32.0 Å². The van der Waals surface area contributed by atoms with Crippen molar-refractivity contribution in [2.24, 2.45) is 0 Å². The third kappa shape index (κ3) is 4.39. The Kier molecular flexibility index (Phi) is 6.56. The van der Waals surface area contributed by atoms with Gasteiger partial charge < -0.3 is 14.6 Å². The van der Waals surface area contributed by atoms with Crippen molar-refractivity contribution < 1.29 is 18.8 Å². The number of benzene rings is 2. The molecule has 9 heteroatoms. The molecule has 0 saturated carbocycles. The summed E-state index contributed by atoms with van der Waals surface area (Å²) in [5.74, 6) is -0.783. The number of nitrogens with zero attached hydrogens (tertiary/aromatic N) is 1. The third-order valence-corrected chi connectivity index (χ3v) is 6.58. The minimum atomic E-state index is -0.557. The molecule has 0 atom stereocenters. The second kappa shape index (κ2) is 9.39. The minimum absolute atomic E-state index is 0.172. The van der Waals surface area contributed by atoms with Gasteiger partial charge in [0.15, 0.2) is 0 Å². The van der Waals surface area contributed by atoms with Crippen LogP contribution >= 0.6 is 34.5 Å². The summed E-state index contributed by atoms with van der Waals surface area (Å²) in [6, 6.07) is 12.7. The van der Waals surface area contributed by atoms with E-state index in [4.69, 9.17) is 32.5 Å². The van der Waals surface area contributed by atoms with Crippen LogP contribution in [0.3, 0.4) is 0 Å². The molecule has 168 valence electrons. The fraction of sp³-hybridized carbons (Fsp3) is 0.125. The van der Waals surface area contributed by atoms with Crippen molar-refractivity contribution in [3.63, 3.8) is 0 Å². The van der Waals surface area contributed by atoms with Gasteiger partial charge in [-0.1, -0.05) is 64.3 Å². The largest absolute Gasteiger partial charge is 0.465 e. The van der Waals surface area contributed by atoms with Crippen LogP contribution in [0.25, 0.3) is 22.4 Å². The number of aromatic nitrogens is 1. The number of aryl methyl sites for hydroxylation is 2. The lowest BCUT2D eigenvalue weighted by molar-refractivity contribution is 0.0603. The molecule has 2 aromatic carbocycles. The lowest BCUT2D eigenvalue weighted by Crippen LogP contribution is -2.15. The van der Waals surface area contributed by atoms with Crippen LogP contribution in [-0.4, -0.2) is 24.1 Å². The van der Waals surface area contributed by atoms with Crippen LogP contribution in [0, 0.1) is 13.8 Å². The van der Waals surface area contributed by atoms with Crippen LogP contribution < -0.4 is 5.32 Å². The molecule has 2 aromatic heterocycles. The lowest BCUT2D eigenvalue weighted by atomic mass is 10.0. The van der Waals surface area contributed by atoms with Crippen LogP contribution in [0.15, 0.2) is 52.4 Å². The maximum absolute atomic E-state index is 13.3. The van der Waals surface area contributed by atoms with E-state index in [0.717, 1.165) is 11.1 Å². The molecule has 0 unspecified atom stereocenters. The number of anilines is 1. The molecule has 0 saturated heterocycles. The molecule has 1 N–H and O–H groups in total. The second-order valence-electron chi connectivity index (χ2n) is 7.22. The van der Waals surface area contributed by atoms with Crippen LogP contribution in [0.5, 0.6) is 0 Å². The summed E-state index contributed by atoms with van der Waals surface area (Å²) in [6.45, 7) is 3.60. The highest BCUT2D eigenvalue weighted by molar-refractivity contribution is 7.15. The van der Waals surface area contributed by atoms with Gasteiger partial charge in [-0.05, 0) is 31.5 Å². The first kappa shape index (κ1) is 23.0. The average Bonchev–Trinajstić information content (AvgIpc) is 3.37. The number of rotatable bonds is 5. The summed E-state index contributed by atoms with van der Waals surface area (Å²) in [6.07, 6.45) is 0. The van der Waals surface area contributed by atoms with Gasteiger partial charge in [0.05, 0.1) is 17.2 Å². The Morgan fingerprint density at radius 3 is 2.33 bits per heavy atom. The number of methoxy groups -OCH3 is 1. The van der Waals surface area contributed by atoms with E-state index in [1.54, 1.807) is 30.5 Å². The van der Waals surface area contributed by atoms with Crippen LogP contribution in [0.4, 0.5) is 5.00 Å². The Morgan fingerprint density at radius 2 is 1.70 bits per heavy atom. The number of ether oxygens (including phenoxy) is 1. The molecule has 0 aliphatic heterocycles. The lowest BCUT2D eigenvalue weighted by Gasteiger charge is -2.09. The van der Waals surface area contributed by atoms with Crippen LogP contribution in [-0.2, 0) is 4.74 Å². The molecule has 0 fully saturated rings. The maximum atomic E-state index is 13.3. The van der Waals surface area contributed by atoms with E-state index in [1.165, 1.54) is 18.4 Å². The number of hydrogen-bond donors (Lipinski definition) is 1. The van der Waals surface area contributed by atoms with Gasteiger partial charge in [-0.2, -0.15) is 0 Å². The molecule has 0 aliphatic rings. The van der Waals surface area contributed by atoms with Gasteiger partial charge in [0, 0.05) is 16.5 Å². The van der Waals surface area contributed by atoms with Crippen molar-refractivity contribution in [3.05, 3.63) is 80.3 Å². The van der Waals surface area contributed by atoms with E-state index < -0.39 is 11.9 Å². The van der Waals surface area contributed by atoms with E-state index in [0.29, 0.717) is 26.2 Å². The predicted molar refractivity (Wildman–Crippen MR) is 130 cm³/mol. The number of amides is 1. The van der Waals surface area contributed by atoms with Gasteiger partial charge in [0.2, 0.25) is 0 Å². The summed E-state index contributed by atoms with van der Waals surface area (Å²) in [5.41, 5.74) is 3.65. The van der Waals surface area contributed by atoms with Crippen LogP contribution in [0.2, 0.25) is 10.0 Å². The average molecular weight is 501 g/mol. The highest BCUT2D eigenvalue weighted by Gasteiger charge is 2.28. The first-order valence-electron chi connectivity index (χ1n) is 9.80. The number of carbonyl (C=O) groups excluding carboxylic acids is 2. The highest BCUT2D eigenvalue weighted by Crippen LogP contribution is 2.39. The molecule has 0 spiro atoms. The predicted octanol–water partition coefficient (Wildman–Crippen LogP) is 7.03. The molecular weight excluding hydrogens is 483 g/mol. The second-order valence-corrected chi connectivity index (χ2v) is 8.92. The molecule has 2 heterocycles. The van der Waals surface area contributed by atoms with Gasteiger partial charge in [0.25, 0.3) is 5.91 Å². The zero-order chi connectivity index (χ0) is 23.7. The SMILES string of the molecule is COC(=O)c1c(-c2ccc(C)cc2)csc1NC(=O)c1c(-c2c(Cl)cccc2Cl)noc1C. The van der Waals surface area contributed by atoms with E-state index in [-0.39, 0.29) is 22.6 Å². The normalized spacial score (nSPS) is 10.8. The number of thiophene rings is 1. The molecule has 0 bridgehead atoms. The summed E-state index contributed by atoms with van der Waals surface area (Å²) in [5, 5.41) is 9.64. The van der Waals surface area contributed by atoms with Gasteiger partial charge >= 0.3 is 5.97 Å². The van der Waals surface area contributed by atoms with Crippen molar-refractivity contribution in [2.75, 3.05) is 12.4 Å². The first-order valence-corrected chi connectivity index (χ1v) is 11.4. The molecule has 4 aromatic rings. The minimum Gasteiger partial charge on any atom is -0.465 e. The fourth-order valence-corrected chi connectivity index (χ4v) is 4.93. The quantitative estimate of drug-likeness (QED) is 0.297. The van der Waals surface area contributed by atoms with E-state index in [2.05, 4.69) is 10.5 Å². The van der Waals surface area contributed by atoms with Crippen molar-refractivity contribution in [3.8, 4) is 22.4 Å². The Hall–Kier alpha value is -3.13. The van der Waals surface area contributed by atoms with Gasteiger partial charge in [-0.3, -0.25) is 4.79 Å². The summed E-state index contributed by atoms with van der Waals surface area (Å²) >= 11 is 13.9. The number of esters is 1. The van der Waals surface area contributed by atoms with E-state index >= 15 is 0 Å². The number of nitrogens with one attached hydrogen (secondary N) is 1. The van der Waals surface area contributed by atoms with Crippen molar-refractivity contribution >= 4 is 51.4 Å². The highest BCUT2D eigenvalue weighted by atomic mass is 35.5. The standard InChI is InChI=1S/C24H18Cl2N2O4S/c1-12-7-9-14(10-8-12)15-11-33-23(19(15)24(30)31-3)27-22(29)18-13(2)32-28-21(18)20-16(25)5-4-6-17(20)26/h4-11H,1-3H3,(H,27,29). The summed E-state index contributed by atoms with van der Waals surface area (Å²) < 4.78 is 10.3. The summed E-state index contributed by atoms with van der Waals surface area (Å²) in [7, 11) is 1.30. The van der Waals surface area contributed by atoms with E-state index in [9.17, 15) is 9.59 Å². The van der Waals surface area contributed by atoms with Gasteiger partial charge in [-0.25, -0.2) is 4.79 Å². The Bertz CT molecular complexity index is 1340. The Morgan fingerprint density at radius 1 is 1.03 bits per heavy atom. The van der Waals surface area contributed by atoms with Crippen molar-refractivity contribution in [1.82, 2.24) is 5.16 Å².